The molecule has 0 aliphatic heterocycles. The van der Waals surface area contributed by atoms with E-state index in [9.17, 15) is 0 Å². The molecule has 4 heterocycles. The predicted molar refractivity (Wildman–Crippen MR) is 448 cm³/mol. The van der Waals surface area contributed by atoms with Crippen molar-refractivity contribution < 1.29 is 42.9 Å². The molecule has 4 aromatic heterocycles. The molecule has 0 atom stereocenters. The van der Waals surface area contributed by atoms with Gasteiger partial charge in [-0.1, -0.05) is 207 Å². The third kappa shape index (κ3) is 18.9. The average Bonchev–Trinajstić information content (AvgIpc) is 1.64. The Morgan fingerprint density at radius 3 is 1.20 bits per heavy atom. The van der Waals surface area contributed by atoms with Gasteiger partial charge in [-0.2, -0.15) is 0 Å². The van der Waals surface area contributed by atoms with Gasteiger partial charge >= 0.3 is 0 Å². The van der Waals surface area contributed by atoms with Crippen molar-refractivity contribution in [3.8, 4) is 89.5 Å². The maximum absolute atomic E-state index is 8.94. The summed E-state index contributed by atoms with van der Waals surface area (Å²) in [5.74, 6) is -1.30. The molecular formula is C101H120N4+4. The van der Waals surface area contributed by atoms with Crippen LogP contribution in [0.15, 0.2) is 219 Å². The van der Waals surface area contributed by atoms with Gasteiger partial charge < -0.3 is 0 Å². The molecule has 0 spiro atoms. The molecular weight excluding hydrogens is 1270 g/mol. The summed E-state index contributed by atoms with van der Waals surface area (Å²) >= 11 is 0. The standard InChI is InChI=1S/C26H30N.C26H32N.C25H30N.C24H28N/c1-18-14-19(2)24(16-23(18)21-10-6-5-7-11-21)26-15-20(3)25(17-27(26)4)22-12-8-9-13-22;1-18-10-8-9-11-23(18)21-13-12-19(2)24(15-21)25-14-20(3)22(17-27(25)7)16-26(4,5)6;1-17(2)13-22-16-26(6)25(14-20(22)5)24-15-21(12-11-19(24)4)23-10-8-7-9-18(23)3;1-16(2)23-15-25(6)24(13-19(23)5)22-14-20(12-11-18(22)4)21-10-8-7-9-17(21)3/h5-7,10-11,14-17,22H,8-9,12-13H2,1-4H3;8-15,17H,16H2,1-7H3;7-12,14-17H,13H2,1-6H3;7-16H,1-6H3/q4*+1/i1D3,22D;1D3,16D2;3D3,13D2;3D3,16D. The lowest BCUT2D eigenvalue weighted by atomic mass is 9.86. The number of aromatic nitrogens is 4. The molecule has 1 aliphatic rings. The smallest absolute Gasteiger partial charge is 0.201 e. The lowest BCUT2D eigenvalue weighted by molar-refractivity contribution is -0.661. The van der Waals surface area contributed by atoms with Gasteiger partial charge in [0.2, 0.25) is 22.8 Å². The molecule has 0 radical (unpaired) electrons. The Labute approximate surface area is 658 Å². The number of aryl methyl sites for hydroxylation is 16. The van der Waals surface area contributed by atoms with Gasteiger partial charge in [0.05, 0.1) is 0 Å². The maximum Gasteiger partial charge on any atom is 0.212 e. The highest BCUT2D eigenvalue weighted by Gasteiger charge is 2.27. The highest BCUT2D eigenvalue weighted by molar-refractivity contribution is 5.79. The first-order valence-corrected chi connectivity index (χ1v) is 36.8. The second-order valence-corrected chi connectivity index (χ2v) is 30.3. The average molecular weight is 1410 g/mol. The van der Waals surface area contributed by atoms with Gasteiger partial charge in [-0.05, 0) is 267 Å². The van der Waals surface area contributed by atoms with Crippen molar-refractivity contribution in [3.05, 3.63) is 308 Å². The van der Waals surface area contributed by atoms with Gasteiger partial charge in [-0.3, -0.25) is 0 Å². The summed E-state index contributed by atoms with van der Waals surface area (Å²) in [7, 11) is 7.87. The summed E-state index contributed by atoms with van der Waals surface area (Å²) in [5, 5.41) is 0. The molecule has 1 fully saturated rings. The molecule has 1 aliphatic carbocycles. The minimum atomic E-state index is -2.19. The van der Waals surface area contributed by atoms with Crippen molar-refractivity contribution >= 4 is 0 Å². The van der Waals surface area contributed by atoms with E-state index in [4.69, 9.17) is 24.7 Å². The van der Waals surface area contributed by atoms with E-state index in [0.717, 1.165) is 160 Å². The summed E-state index contributed by atoms with van der Waals surface area (Å²) in [5.41, 5.74) is 27.0. The van der Waals surface area contributed by atoms with Crippen molar-refractivity contribution in [3.63, 3.8) is 0 Å². The summed E-state index contributed by atoms with van der Waals surface area (Å²) < 4.78 is 155. The fourth-order valence-electron chi connectivity index (χ4n) is 14.3. The van der Waals surface area contributed by atoms with Gasteiger partial charge in [0, 0.05) is 93.4 Å². The number of benzene rings is 8. The monoisotopic (exact) mass is 1410 g/mol. The molecule has 1 saturated carbocycles. The van der Waals surface area contributed by atoms with Gasteiger partial charge in [0.15, 0.2) is 24.8 Å². The Morgan fingerprint density at radius 2 is 0.762 bits per heavy atom. The maximum atomic E-state index is 8.94. The molecule has 0 N–H and O–H groups in total. The van der Waals surface area contributed by atoms with Crippen LogP contribution >= 0.6 is 0 Å². The zero-order chi connectivity index (χ0) is 91.1. The summed E-state index contributed by atoms with van der Waals surface area (Å²) in [6.07, 6.45) is 9.07. The van der Waals surface area contributed by atoms with Crippen LogP contribution in [0.1, 0.15) is 200 Å². The van der Waals surface area contributed by atoms with E-state index in [0.29, 0.717) is 44.5 Å². The third-order valence-corrected chi connectivity index (χ3v) is 20.0. The minimum Gasteiger partial charge on any atom is -0.201 e. The Bertz CT molecular complexity index is 5870. The molecule has 105 heavy (non-hydrogen) atoms. The Kier molecular flexibility index (Phi) is 18.4. The van der Waals surface area contributed by atoms with Crippen molar-refractivity contribution in [2.45, 2.75) is 181 Å². The van der Waals surface area contributed by atoms with E-state index in [2.05, 4.69) is 47.4 Å². The normalized spacial score (nSPS) is 15.9. The van der Waals surface area contributed by atoms with Crippen LogP contribution in [0.4, 0.5) is 0 Å². The predicted octanol–water partition coefficient (Wildman–Crippen LogP) is 24.6. The van der Waals surface area contributed by atoms with Gasteiger partial charge in [-0.15, -0.1) is 0 Å². The minimum absolute atomic E-state index is 0.140. The lowest BCUT2D eigenvalue weighted by Crippen LogP contribution is -2.32. The zero-order valence-corrected chi connectivity index (χ0v) is 65.5. The first-order valence-electron chi connectivity index (χ1n) is 45.8. The molecule has 0 saturated heterocycles. The van der Waals surface area contributed by atoms with Crippen LogP contribution in [0.5, 0.6) is 0 Å². The Balaban J connectivity index is 0.000000172. The number of rotatable bonds is 13. The van der Waals surface area contributed by atoms with Crippen LogP contribution in [0.25, 0.3) is 89.5 Å². The highest BCUT2D eigenvalue weighted by Crippen LogP contribution is 2.39. The van der Waals surface area contributed by atoms with Crippen molar-refractivity contribution in [1.82, 2.24) is 0 Å². The van der Waals surface area contributed by atoms with Gasteiger partial charge in [-0.25, -0.2) is 18.3 Å². The molecule has 4 nitrogen and oxygen atoms in total. The van der Waals surface area contributed by atoms with Gasteiger partial charge in [0.25, 0.3) is 0 Å². The van der Waals surface area contributed by atoms with Gasteiger partial charge in [0.1, 0.15) is 28.2 Å². The fraction of sp³-hybridized carbons (Fsp3) is 0.327. The highest BCUT2D eigenvalue weighted by atomic mass is 14.9. The quantitative estimate of drug-likeness (QED) is 0.102. The molecule has 0 amide bonds. The molecule has 4 heteroatoms. The molecule has 0 bridgehead atoms. The van der Waals surface area contributed by atoms with E-state index in [1.807, 2.05) is 285 Å². The number of hydrogen-bond acceptors (Lipinski definition) is 0. The van der Waals surface area contributed by atoms with E-state index < -0.39 is 57.4 Å². The first-order chi connectivity index (χ1) is 57.0. The second kappa shape index (κ2) is 34.1. The Hall–Kier alpha value is -9.64. The van der Waals surface area contributed by atoms with Crippen LogP contribution in [-0.4, -0.2) is 0 Å². The molecule has 13 rings (SSSR count). The zero-order valence-electron chi connectivity index (χ0n) is 83.5. The summed E-state index contributed by atoms with van der Waals surface area (Å²) in [6.45, 7) is 20.7. The number of nitrogens with zero attached hydrogens (tertiary/aromatic N) is 4. The summed E-state index contributed by atoms with van der Waals surface area (Å²) in [6, 6.07) is 61.5. The third-order valence-electron chi connectivity index (χ3n) is 20.0. The Morgan fingerprint density at radius 1 is 0.371 bits per heavy atom. The SMILES string of the molecule is [2H]C([2H])([2H])c1cc(C)c(-c2cc(C)c(C3([2H])CCCC3)c[n+]2C)cc1-c1ccccc1.[2H]C([2H])([2H])c1ccccc1-c1ccc(C)c(-c2cc(C)c(C([2H])(C)C)c[n+]2C)c1.[2H]C([2H])([2H])c1ccccc1-c1ccc(C)c(-c2cc(C)c(C([2H])([2H])C(C)(C)C)c[n+]2C)c1.[2H]C([2H])([2H])c1ccccc1-c1ccc(C)c(-c2cc(C)c(C([2H])([2H])C(C)C)c[n+]2C)c1. The topological polar surface area (TPSA) is 15.5 Å². The number of hydrogen-bond donors (Lipinski definition) is 0. The number of pyridine rings is 4. The van der Waals surface area contributed by atoms with Crippen LogP contribution in [0.3, 0.4) is 0 Å². The molecule has 540 valence electrons. The van der Waals surface area contributed by atoms with Crippen LogP contribution in [-0.2, 0) is 40.9 Å². The lowest BCUT2D eigenvalue weighted by Gasteiger charge is -2.19. The second-order valence-electron chi connectivity index (χ2n) is 30.3. The van der Waals surface area contributed by atoms with Crippen molar-refractivity contribution in [1.29, 1.82) is 0 Å². The van der Waals surface area contributed by atoms with Crippen LogP contribution in [0, 0.1) is 94.1 Å². The largest absolute Gasteiger partial charge is 0.212 e. The van der Waals surface area contributed by atoms with Crippen molar-refractivity contribution in [2.75, 3.05) is 0 Å². The molecule has 8 aromatic carbocycles. The van der Waals surface area contributed by atoms with E-state index >= 15 is 0 Å². The molecule has 0 unspecified atom stereocenters. The van der Waals surface area contributed by atoms with E-state index in [-0.39, 0.29) is 5.92 Å². The van der Waals surface area contributed by atoms with Crippen LogP contribution < -0.4 is 18.3 Å². The first kappa shape index (κ1) is 56.7. The van der Waals surface area contributed by atoms with Crippen molar-refractivity contribution in [2.24, 2.45) is 39.5 Å². The fourth-order valence-corrected chi connectivity index (χ4v) is 14.3. The summed E-state index contributed by atoms with van der Waals surface area (Å²) in [4.78, 5) is 0. The molecule has 12 aromatic rings. The van der Waals surface area contributed by atoms with E-state index in [1.165, 1.54) is 0 Å². The van der Waals surface area contributed by atoms with E-state index in [1.54, 1.807) is 36.4 Å². The van der Waals surface area contributed by atoms with Crippen LogP contribution in [0.2, 0.25) is 0 Å².